The Balaban J connectivity index is 1.84. The van der Waals surface area contributed by atoms with Crippen LogP contribution in [0.3, 0.4) is 0 Å². The van der Waals surface area contributed by atoms with E-state index in [1.54, 1.807) is 24.4 Å². The summed E-state index contributed by atoms with van der Waals surface area (Å²) in [6.45, 7) is 5.42. The minimum absolute atomic E-state index is 0.0334. The van der Waals surface area contributed by atoms with Crippen molar-refractivity contribution in [2.45, 2.75) is 30.1 Å². The Morgan fingerprint density at radius 2 is 2.17 bits per heavy atom. The maximum atomic E-state index is 13.0. The highest BCUT2D eigenvalue weighted by molar-refractivity contribution is 8.00. The number of thioether (sulfide) groups is 1. The number of carbonyl (C=O) groups is 1. The van der Waals surface area contributed by atoms with Crippen molar-refractivity contribution < 1.29 is 18.0 Å². The van der Waals surface area contributed by atoms with Gasteiger partial charge in [0.05, 0.1) is 21.4 Å². The maximum Gasteiger partial charge on any atom is 0.417 e. The Labute approximate surface area is 182 Å². The molecule has 0 saturated heterocycles. The van der Waals surface area contributed by atoms with Gasteiger partial charge in [-0.2, -0.15) is 13.2 Å². The molecule has 2 heterocycles. The van der Waals surface area contributed by atoms with Gasteiger partial charge in [-0.1, -0.05) is 29.4 Å². The van der Waals surface area contributed by atoms with Crippen LogP contribution in [0.2, 0.25) is 5.02 Å². The third-order valence-corrected chi connectivity index (χ3v) is 6.34. The van der Waals surface area contributed by atoms with Crippen LogP contribution in [0.15, 0.2) is 52.3 Å². The topological polar surface area (TPSA) is 64.0 Å². The molecule has 0 radical (unpaired) electrons. The van der Waals surface area contributed by atoms with Crippen molar-refractivity contribution in [3.8, 4) is 0 Å². The Bertz CT molecular complexity index is 1170. The summed E-state index contributed by atoms with van der Waals surface area (Å²) in [6.07, 6.45) is -3.09. The van der Waals surface area contributed by atoms with Gasteiger partial charge in [0.1, 0.15) is 4.70 Å². The number of carbonyl (C=O) groups excluding carboxylic acids is 1. The third-order valence-electron chi connectivity index (χ3n) is 4.03. The van der Waals surface area contributed by atoms with Crippen LogP contribution in [0.1, 0.15) is 12.5 Å². The second kappa shape index (κ2) is 8.83. The summed E-state index contributed by atoms with van der Waals surface area (Å²) in [6, 6.07) is 4.85. The SMILES string of the molecule is C=CCn1c(SC(C)C(=O)Nc2ccc(Cl)c(C(F)(F)F)c2)nc2ccsc2c1=O. The molecule has 1 amide bonds. The van der Waals surface area contributed by atoms with Gasteiger partial charge >= 0.3 is 6.18 Å². The normalized spacial score (nSPS) is 12.7. The average Bonchev–Trinajstić information content (AvgIpc) is 3.14. The fraction of sp³-hybridized carbons (Fsp3) is 0.211. The first-order valence-corrected chi connectivity index (χ1v) is 10.7. The van der Waals surface area contributed by atoms with Gasteiger partial charge in [-0.15, -0.1) is 17.9 Å². The van der Waals surface area contributed by atoms with Crippen molar-refractivity contribution in [2.75, 3.05) is 5.32 Å². The van der Waals surface area contributed by atoms with Crippen molar-refractivity contribution in [3.63, 3.8) is 0 Å². The van der Waals surface area contributed by atoms with E-state index < -0.39 is 27.9 Å². The second-order valence-electron chi connectivity index (χ2n) is 6.18. The molecule has 1 atom stereocenters. The van der Waals surface area contributed by atoms with Gasteiger partial charge in [-0.05, 0) is 36.6 Å². The first kappa shape index (κ1) is 22.4. The minimum Gasteiger partial charge on any atom is -0.325 e. The zero-order chi connectivity index (χ0) is 22.1. The van der Waals surface area contributed by atoms with Crippen molar-refractivity contribution in [1.29, 1.82) is 0 Å². The molecule has 0 spiro atoms. The number of thiophene rings is 1. The van der Waals surface area contributed by atoms with Crippen molar-refractivity contribution in [2.24, 2.45) is 0 Å². The summed E-state index contributed by atoms with van der Waals surface area (Å²) >= 11 is 7.91. The van der Waals surface area contributed by atoms with E-state index in [9.17, 15) is 22.8 Å². The number of aromatic nitrogens is 2. The molecule has 1 aromatic carbocycles. The molecule has 0 saturated carbocycles. The number of halogens is 4. The molecular formula is C19H15ClF3N3O2S2. The van der Waals surface area contributed by atoms with E-state index >= 15 is 0 Å². The second-order valence-corrected chi connectivity index (χ2v) is 8.81. The lowest BCUT2D eigenvalue weighted by Gasteiger charge is -2.16. The van der Waals surface area contributed by atoms with E-state index in [2.05, 4.69) is 16.9 Å². The lowest BCUT2D eigenvalue weighted by Crippen LogP contribution is -2.26. The van der Waals surface area contributed by atoms with Gasteiger partial charge in [0.2, 0.25) is 5.91 Å². The van der Waals surface area contributed by atoms with Crippen LogP contribution >= 0.6 is 34.7 Å². The summed E-state index contributed by atoms with van der Waals surface area (Å²) in [5, 5.41) is 3.32. The highest BCUT2D eigenvalue weighted by Gasteiger charge is 2.33. The van der Waals surface area contributed by atoms with Crippen LogP contribution in [-0.4, -0.2) is 20.7 Å². The smallest absolute Gasteiger partial charge is 0.325 e. The van der Waals surface area contributed by atoms with Gasteiger partial charge in [0, 0.05) is 12.2 Å². The number of amides is 1. The number of hydrogen-bond acceptors (Lipinski definition) is 5. The molecule has 0 aliphatic heterocycles. The molecule has 0 fully saturated rings. The highest BCUT2D eigenvalue weighted by atomic mass is 35.5. The molecule has 0 bridgehead atoms. The Morgan fingerprint density at radius 3 is 2.83 bits per heavy atom. The molecule has 30 heavy (non-hydrogen) atoms. The van der Waals surface area contributed by atoms with Gasteiger partial charge < -0.3 is 5.32 Å². The predicted octanol–water partition coefficient (Wildman–Crippen LogP) is 5.44. The van der Waals surface area contributed by atoms with E-state index in [1.807, 2.05) is 0 Å². The maximum absolute atomic E-state index is 13.0. The molecule has 158 valence electrons. The molecule has 0 aliphatic carbocycles. The Kier molecular flexibility index (Phi) is 6.59. The van der Waals surface area contributed by atoms with Gasteiger partial charge in [-0.25, -0.2) is 4.98 Å². The largest absolute Gasteiger partial charge is 0.417 e. The van der Waals surface area contributed by atoms with Crippen LogP contribution < -0.4 is 10.9 Å². The number of rotatable bonds is 6. The molecule has 0 aliphatic rings. The third kappa shape index (κ3) is 4.71. The van der Waals surface area contributed by atoms with Crippen molar-refractivity contribution in [1.82, 2.24) is 9.55 Å². The van der Waals surface area contributed by atoms with Gasteiger partial charge in [0.25, 0.3) is 5.56 Å². The first-order chi connectivity index (χ1) is 14.1. The number of benzene rings is 1. The number of allylic oxidation sites excluding steroid dienone is 1. The lowest BCUT2D eigenvalue weighted by atomic mass is 10.2. The van der Waals surface area contributed by atoms with E-state index in [4.69, 9.17) is 11.6 Å². The van der Waals surface area contributed by atoms with Gasteiger partial charge in [0.15, 0.2) is 5.16 Å². The molecule has 3 rings (SSSR count). The number of alkyl halides is 3. The number of hydrogen-bond donors (Lipinski definition) is 1. The van der Waals surface area contributed by atoms with Crippen LogP contribution in [0.5, 0.6) is 0 Å². The van der Waals surface area contributed by atoms with E-state index in [0.717, 1.165) is 23.9 Å². The van der Waals surface area contributed by atoms with Crippen LogP contribution in [0.4, 0.5) is 18.9 Å². The molecule has 2 aromatic heterocycles. The first-order valence-electron chi connectivity index (χ1n) is 8.55. The van der Waals surface area contributed by atoms with E-state index in [1.165, 1.54) is 22.0 Å². The summed E-state index contributed by atoms with van der Waals surface area (Å²) in [7, 11) is 0. The number of nitrogens with one attached hydrogen (secondary N) is 1. The van der Waals surface area contributed by atoms with E-state index in [-0.39, 0.29) is 17.8 Å². The molecule has 1 N–H and O–H groups in total. The highest BCUT2D eigenvalue weighted by Crippen LogP contribution is 2.36. The monoisotopic (exact) mass is 473 g/mol. The zero-order valence-electron chi connectivity index (χ0n) is 15.5. The van der Waals surface area contributed by atoms with Crippen LogP contribution in [-0.2, 0) is 17.5 Å². The van der Waals surface area contributed by atoms with Gasteiger partial charge in [-0.3, -0.25) is 14.2 Å². The lowest BCUT2D eigenvalue weighted by molar-refractivity contribution is -0.137. The summed E-state index contributed by atoms with van der Waals surface area (Å²) in [4.78, 5) is 29.7. The number of nitrogens with zero attached hydrogens (tertiary/aromatic N) is 2. The Hall–Kier alpha value is -2.30. The van der Waals surface area contributed by atoms with Crippen LogP contribution in [0.25, 0.3) is 10.2 Å². The minimum atomic E-state index is -4.64. The standard InChI is InChI=1S/C19H15ClF3N3O2S2/c1-3-7-26-17(28)15-14(6-8-29-15)25-18(26)30-10(2)16(27)24-11-4-5-13(20)12(9-11)19(21,22)23/h3-6,8-10H,1,7H2,2H3,(H,24,27). The van der Waals surface area contributed by atoms with Crippen molar-refractivity contribution >= 4 is 56.5 Å². The van der Waals surface area contributed by atoms with E-state index in [0.29, 0.717) is 15.4 Å². The predicted molar refractivity (Wildman–Crippen MR) is 114 cm³/mol. The quantitative estimate of drug-likeness (QED) is 0.294. The molecule has 11 heteroatoms. The average molecular weight is 474 g/mol. The molecule has 5 nitrogen and oxygen atoms in total. The van der Waals surface area contributed by atoms with Crippen LogP contribution in [0, 0.1) is 0 Å². The summed E-state index contributed by atoms with van der Waals surface area (Å²) < 4.78 is 41.0. The molecule has 1 unspecified atom stereocenters. The fourth-order valence-electron chi connectivity index (χ4n) is 2.58. The number of anilines is 1. The van der Waals surface area contributed by atoms with Crippen molar-refractivity contribution in [3.05, 3.63) is 63.2 Å². The zero-order valence-corrected chi connectivity index (χ0v) is 17.9. The molecule has 3 aromatic rings. The number of fused-ring (bicyclic) bond motifs is 1. The summed E-state index contributed by atoms with van der Waals surface area (Å²) in [5.41, 5.74) is -0.786. The molecular weight excluding hydrogens is 459 g/mol. The Morgan fingerprint density at radius 1 is 1.43 bits per heavy atom. The summed E-state index contributed by atoms with van der Waals surface area (Å²) in [5.74, 6) is -0.541. The fourth-order valence-corrected chi connectivity index (χ4v) is 4.50.